The summed E-state index contributed by atoms with van der Waals surface area (Å²) in [7, 11) is 0. The van der Waals surface area contributed by atoms with Crippen LogP contribution in [-0.4, -0.2) is 35.3 Å². The van der Waals surface area contributed by atoms with E-state index in [0.717, 1.165) is 24.2 Å². The highest BCUT2D eigenvalue weighted by atomic mass is 35.5. The fourth-order valence-corrected chi connectivity index (χ4v) is 2.53. The molecule has 2 aromatic rings. The van der Waals surface area contributed by atoms with Crippen molar-refractivity contribution < 1.29 is 13.9 Å². The molecule has 0 radical (unpaired) electrons. The molecule has 0 spiro atoms. The Kier molecular flexibility index (Phi) is 6.16. The van der Waals surface area contributed by atoms with E-state index >= 15 is 0 Å². The zero-order valence-electron chi connectivity index (χ0n) is 13.3. The lowest BCUT2D eigenvalue weighted by molar-refractivity contribution is 0.0925. The molecule has 1 aromatic heterocycles. The molecule has 1 aliphatic rings. The van der Waals surface area contributed by atoms with Crippen LogP contribution in [0, 0.1) is 5.82 Å². The molecule has 1 atom stereocenters. The van der Waals surface area contributed by atoms with E-state index < -0.39 is 5.82 Å². The summed E-state index contributed by atoms with van der Waals surface area (Å²) in [5, 5.41) is 13.0. The number of amides is 1. The van der Waals surface area contributed by atoms with E-state index in [0.29, 0.717) is 12.2 Å². The number of nitrogens with zero attached hydrogens (tertiary/aromatic N) is 1. The number of hydrogen-bond donors (Lipinski definition) is 3. The van der Waals surface area contributed by atoms with E-state index in [-0.39, 0.29) is 36.7 Å². The highest BCUT2D eigenvalue weighted by molar-refractivity contribution is 5.94. The Hall–Kier alpha value is -2.12. The predicted octanol–water partition coefficient (Wildman–Crippen LogP) is 1.81. The summed E-state index contributed by atoms with van der Waals surface area (Å²) in [5.41, 5.74) is 2.33. The Bertz CT molecular complexity index is 707. The fourth-order valence-electron chi connectivity index (χ4n) is 2.53. The first-order chi connectivity index (χ1) is 11.1. The van der Waals surface area contributed by atoms with E-state index in [1.54, 1.807) is 25.1 Å². The number of aromatic nitrogens is 2. The second-order valence-corrected chi connectivity index (χ2v) is 5.53. The van der Waals surface area contributed by atoms with Gasteiger partial charge in [-0.05, 0) is 19.1 Å². The lowest BCUT2D eigenvalue weighted by Crippen LogP contribution is -2.35. The summed E-state index contributed by atoms with van der Waals surface area (Å²) in [5.74, 6) is -0.496. The van der Waals surface area contributed by atoms with Crippen LogP contribution in [0.3, 0.4) is 0 Å². The summed E-state index contributed by atoms with van der Waals surface area (Å²) in [6, 6.07) is 6.20. The number of para-hydroxylation sites is 1. The Labute approximate surface area is 145 Å². The number of carbonyl (C=O) groups is 1. The van der Waals surface area contributed by atoms with Crippen LogP contribution in [0.15, 0.2) is 24.3 Å². The van der Waals surface area contributed by atoms with E-state index in [4.69, 9.17) is 4.74 Å². The molecule has 8 heteroatoms. The largest absolute Gasteiger partial charge is 0.486 e. The molecule has 1 unspecified atom stereocenters. The Morgan fingerprint density at radius 1 is 1.46 bits per heavy atom. The second-order valence-electron chi connectivity index (χ2n) is 5.53. The van der Waals surface area contributed by atoms with Crippen molar-refractivity contribution in [1.29, 1.82) is 0 Å². The van der Waals surface area contributed by atoms with E-state index in [1.165, 1.54) is 6.07 Å². The van der Waals surface area contributed by atoms with E-state index in [1.807, 2.05) is 0 Å². The molecule has 0 aliphatic carbocycles. The zero-order valence-corrected chi connectivity index (χ0v) is 14.1. The monoisotopic (exact) mass is 354 g/mol. The molecule has 0 saturated heterocycles. The van der Waals surface area contributed by atoms with Gasteiger partial charge in [-0.25, -0.2) is 4.39 Å². The average Bonchev–Trinajstić information content (AvgIpc) is 2.99. The lowest BCUT2D eigenvalue weighted by Gasteiger charge is -2.16. The van der Waals surface area contributed by atoms with Gasteiger partial charge in [0.05, 0.1) is 6.54 Å². The number of fused-ring (bicyclic) bond motifs is 1. The normalized spacial score (nSPS) is 14.2. The van der Waals surface area contributed by atoms with Crippen molar-refractivity contribution in [3.8, 4) is 5.75 Å². The van der Waals surface area contributed by atoms with Gasteiger partial charge in [-0.15, -0.1) is 12.4 Å². The fraction of sp³-hybridized carbons (Fsp3) is 0.375. The first-order valence-electron chi connectivity index (χ1n) is 7.61. The number of ether oxygens (including phenoxy) is 1. The third-order valence-electron chi connectivity index (χ3n) is 3.74. The second kappa shape index (κ2) is 8.12. The molecule has 6 nitrogen and oxygen atoms in total. The predicted molar refractivity (Wildman–Crippen MR) is 90.1 cm³/mol. The zero-order chi connectivity index (χ0) is 16.2. The van der Waals surface area contributed by atoms with Crippen LogP contribution in [0.25, 0.3) is 0 Å². The van der Waals surface area contributed by atoms with Crippen molar-refractivity contribution >= 4 is 18.3 Å². The van der Waals surface area contributed by atoms with E-state index in [9.17, 15) is 9.18 Å². The van der Waals surface area contributed by atoms with Gasteiger partial charge in [-0.2, -0.15) is 5.10 Å². The van der Waals surface area contributed by atoms with Crippen molar-refractivity contribution in [3.05, 3.63) is 47.0 Å². The van der Waals surface area contributed by atoms with Crippen LogP contribution in [0.1, 0.15) is 28.7 Å². The lowest BCUT2D eigenvalue weighted by atomic mass is 10.1. The van der Waals surface area contributed by atoms with Crippen molar-refractivity contribution in [2.75, 3.05) is 13.1 Å². The van der Waals surface area contributed by atoms with Gasteiger partial charge in [0.1, 0.15) is 6.10 Å². The molecular formula is C16H20ClFN4O2. The summed E-state index contributed by atoms with van der Waals surface area (Å²) in [6.07, 6.45) is 0.478. The third kappa shape index (κ3) is 4.04. The van der Waals surface area contributed by atoms with Gasteiger partial charge >= 0.3 is 0 Å². The Morgan fingerprint density at radius 3 is 3.04 bits per heavy atom. The number of carbonyl (C=O) groups excluding carboxylic acids is 1. The van der Waals surface area contributed by atoms with Gasteiger partial charge in [0.15, 0.2) is 17.3 Å². The quantitative estimate of drug-likeness (QED) is 0.765. The van der Waals surface area contributed by atoms with Crippen LogP contribution in [0.4, 0.5) is 4.39 Å². The maximum atomic E-state index is 13.5. The summed E-state index contributed by atoms with van der Waals surface area (Å²) >= 11 is 0. The number of benzene rings is 1. The summed E-state index contributed by atoms with van der Waals surface area (Å²) in [4.78, 5) is 12.3. The molecule has 130 valence electrons. The van der Waals surface area contributed by atoms with Crippen LogP contribution in [0.5, 0.6) is 5.75 Å². The van der Waals surface area contributed by atoms with Gasteiger partial charge < -0.3 is 15.4 Å². The highest BCUT2D eigenvalue weighted by Crippen LogP contribution is 2.17. The minimum atomic E-state index is -0.418. The first kappa shape index (κ1) is 18.2. The van der Waals surface area contributed by atoms with Crippen LogP contribution in [-0.2, 0) is 13.0 Å². The molecule has 3 rings (SSSR count). The SMILES string of the molecule is CC(CNC(=O)c1n[nH]c2c1CNCC2)Oc1ccccc1F.Cl. The van der Waals surface area contributed by atoms with Gasteiger partial charge in [0.2, 0.25) is 0 Å². The number of aromatic amines is 1. The van der Waals surface area contributed by atoms with Crippen molar-refractivity contribution in [1.82, 2.24) is 20.8 Å². The molecule has 0 bridgehead atoms. The summed E-state index contributed by atoms with van der Waals surface area (Å²) < 4.78 is 19.0. The standard InChI is InChI=1S/C16H19FN4O2.ClH/c1-10(23-14-5-3-2-4-12(14)17)8-19-16(22)15-11-9-18-7-6-13(11)20-21-15;/h2-5,10,18H,6-9H2,1H3,(H,19,22)(H,20,21);1H. The topological polar surface area (TPSA) is 79.0 Å². The van der Waals surface area contributed by atoms with Gasteiger partial charge in [0.25, 0.3) is 5.91 Å². The molecule has 1 amide bonds. The molecule has 2 heterocycles. The number of H-pyrrole nitrogens is 1. The maximum Gasteiger partial charge on any atom is 0.272 e. The van der Waals surface area contributed by atoms with Crippen LogP contribution < -0.4 is 15.4 Å². The van der Waals surface area contributed by atoms with Gasteiger partial charge in [-0.1, -0.05) is 12.1 Å². The van der Waals surface area contributed by atoms with Crippen LogP contribution >= 0.6 is 12.4 Å². The molecule has 1 aliphatic heterocycles. The molecule has 0 saturated carbocycles. The molecular weight excluding hydrogens is 335 g/mol. The molecule has 0 fully saturated rings. The Balaban J connectivity index is 0.00000208. The molecule has 3 N–H and O–H groups in total. The number of halogens is 2. The number of hydrogen-bond acceptors (Lipinski definition) is 4. The Morgan fingerprint density at radius 2 is 2.25 bits per heavy atom. The first-order valence-corrected chi connectivity index (χ1v) is 7.61. The highest BCUT2D eigenvalue weighted by Gasteiger charge is 2.21. The van der Waals surface area contributed by atoms with E-state index in [2.05, 4.69) is 20.8 Å². The van der Waals surface area contributed by atoms with Crippen molar-refractivity contribution in [2.45, 2.75) is 26.0 Å². The van der Waals surface area contributed by atoms with Crippen molar-refractivity contribution in [3.63, 3.8) is 0 Å². The minimum absolute atomic E-state index is 0. The smallest absolute Gasteiger partial charge is 0.272 e. The maximum absolute atomic E-state index is 13.5. The minimum Gasteiger partial charge on any atom is -0.486 e. The number of nitrogens with one attached hydrogen (secondary N) is 3. The molecule has 1 aromatic carbocycles. The molecule has 24 heavy (non-hydrogen) atoms. The van der Waals surface area contributed by atoms with Gasteiger partial charge in [0, 0.05) is 30.8 Å². The van der Waals surface area contributed by atoms with Crippen LogP contribution in [0.2, 0.25) is 0 Å². The van der Waals surface area contributed by atoms with Gasteiger partial charge in [-0.3, -0.25) is 9.89 Å². The number of rotatable bonds is 5. The summed E-state index contributed by atoms with van der Waals surface area (Å²) in [6.45, 7) is 3.55. The average molecular weight is 355 g/mol. The third-order valence-corrected chi connectivity index (χ3v) is 3.74. The van der Waals surface area contributed by atoms with Crippen molar-refractivity contribution in [2.24, 2.45) is 0 Å².